The van der Waals surface area contributed by atoms with Crippen molar-refractivity contribution in [2.45, 2.75) is 39.0 Å². The highest BCUT2D eigenvalue weighted by molar-refractivity contribution is 9.09. The molecule has 0 aromatic heterocycles. The Morgan fingerprint density at radius 1 is 1.00 bits per heavy atom. The zero-order chi connectivity index (χ0) is 8.36. The van der Waals surface area contributed by atoms with Crippen molar-refractivity contribution >= 4 is 15.9 Å². The summed E-state index contributed by atoms with van der Waals surface area (Å²) < 4.78 is 5.32. The molecule has 0 aliphatic heterocycles. The summed E-state index contributed by atoms with van der Waals surface area (Å²) in [7, 11) is 0. The molecule has 1 nitrogen and oxygen atoms in total. The molecule has 0 atom stereocenters. The molecule has 0 aliphatic rings. The van der Waals surface area contributed by atoms with E-state index in [1.807, 2.05) is 0 Å². The maximum atomic E-state index is 5.32. The topological polar surface area (TPSA) is 9.23 Å². The lowest BCUT2D eigenvalue weighted by atomic mass is 10.2. The Morgan fingerprint density at radius 2 is 1.73 bits per heavy atom. The molecular weight excluding hydrogens is 204 g/mol. The molecule has 0 unspecified atom stereocenters. The Morgan fingerprint density at radius 3 is 2.36 bits per heavy atom. The van der Waals surface area contributed by atoms with E-state index < -0.39 is 0 Å². The molecule has 0 fully saturated rings. The number of unbranched alkanes of at least 4 members (excludes halogenated alkanes) is 4. The molecule has 11 heavy (non-hydrogen) atoms. The van der Waals surface area contributed by atoms with Crippen molar-refractivity contribution in [3.8, 4) is 0 Å². The Labute approximate surface area is 78.6 Å². The fraction of sp³-hybridized carbons (Fsp3) is 1.00. The molecule has 0 aromatic rings. The van der Waals surface area contributed by atoms with Gasteiger partial charge in [-0.05, 0) is 6.42 Å². The third kappa shape index (κ3) is 10.4. The average Bonchev–Trinajstić information content (AvgIpc) is 2.03. The molecule has 68 valence electrons. The van der Waals surface area contributed by atoms with Crippen LogP contribution in [0.3, 0.4) is 0 Å². The van der Waals surface area contributed by atoms with Gasteiger partial charge in [-0.2, -0.15) is 0 Å². The molecule has 0 spiro atoms. The van der Waals surface area contributed by atoms with Crippen molar-refractivity contribution in [2.24, 2.45) is 0 Å². The first kappa shape index (κ1) is 11.4. The zero-order valence-corrected chi connectivity index (χ0v) is 9.03. The molecule has 0 saturated carbocycles. The SMILES string of the molecule is CCCCCCCOCCBr. The van der Waals surface area contributed by atoms with Crippen LogP contribution in [-0.2, 0) is 4.74 Å². The molecule has 0 aliphatic carbocycles. The van der Waals surface area contributed by atoms with Crippen molar-refractivity contribution < 1.29 is 4.74 Å². The first-order chi connectivity index (χ1) is 5.41. The Kier molecular flexibility index (Phi) is 10.9. The number of hydrogen-bond acceptors (Lipinski definition) is 1. The van der Waals surface area contributed by atoms with Crippen LogP contribution < -0.4 is 0 Å². The van der Waals surface area contributed by atoms with Gasteiger partial charge in [0, 0.05) is 11.9 Å². The quantitative estimate of drug-likeness (QED) is 0.452. The second-order valence-electron chi connectivity index (χ2n) is 2.72. The average molecular weight is 223 g/mol. The lowest BCUT2D eigenvalue weighted by Gasteiger charge is -2.00. The van der Waals surface area contributed by atoms with Crippen LogP contribution in [-0.4, -0.2) is 18.5 Å². The van der Waals surface area contributed by atoms with Crippen LogP contribution in [0.15, 0.2) is 0 Å². The van der Waals surface area contributed by atoms with Crippen LogP contribution in [0.4, 0.5) is 0 Å². The third-order valence-electron chi connectivity index (χ3n) is 1.61. The maximum absolute atomic E-state index is 5.32. The molecule has 0 rings (SSSR count). The number of alkyl halides is 1. The molecule has 0 heterocycles. The van der Waals surface area contributed by atoms with Crippen molar-refractivity contribution in [3.63, 3.8) is 0 Å². The van der Waals surface area contributed by atoms with E-state index in [2.05, 4.69) is 22.9 Å². The fourth-order valence-electron chi connectivity index (χ4n) is 0.964. The first-order valence-corrected chi connectivity index (χ1v) is 5.67. The predicted molar refractivity (Wildman–Crippen MR) is 53.4 cm³/mol. The standard InChI is InChI=1S/C9H19BrO/c1-2-3-4-5-6-8-11-9-7-10/h2-9H2,1H3. The van der Waals surface area contributed by atoms with E-state index in [-0.39, 0.29) is 0 Å². The minimum atomic E-state index is 0.855. The van der Waals surface area contributed by atoms with Gasteiger partial charge in [-0.1, -0.05) is 48.5 Å². The highest BCUT2D eigenvalue weighted by atomic mass is 79.9. The molecule has 0 radical (unpaired) electrons. The highest BCUT2D eigenvalue weighted by Gasteiger charge is 1.88. The van der Waals surface area contributed by atoms with E-state index in [1.165, 1.54) is 32.1 Å². The van der Waals surface area contributed by atoms with Crippen molar-refractivity contribution in [1.29, 1.82) is 0 Å². The number of rotatable bonds is 8. The van der Waals surface area contributed by atoms with E-state index in [9.17, 15) is 0 Å². The van der Waals surface area contributed by atoms with Crippen LogP contribution in [0, 0.1) is 0 Å². The summed E-state index contributed by atoms with van der Waals surface area (Å²) in [6.07, 6.45) is 6.62. The lowest BCUT2D eigenvalue weighted by Crippen LogP contribution is -1.97. The Bertz CT molecular complexity index is 58.6. The van der Waals surface area contributed by atoms with Gasteiger partial charge in [-0.15, -0.1) is 0 Å². The number of halogens is 1. The van der Waals surface area contributed by atoms with Crippen LogP contribution >= 0.6 is 15.9 Å². The maximum Gasteiger partial charge on any atom is 0.0563 e. The molecule has 0 aromatic carbocycles. The van der Waals surface area contributed by atoms with Crippen LogP contribution in [0.1, 0.15) is 39.0 Å². The van der Waals surface area contributed by atoms with Gasteiger partial charge in [0.15, 0.2) is 0 Å². The Hall–Kier alpha value is 0.440. The second kappa shape index (κ2) is 10.4. The molecule has 2 heteroatoms. The van der Waals surface area contributed by atoms with Crippen LogP contribution in [0.25, 0.3) is 0 Å². The number of hydrogen-bond donors (Lipinski definition) is 0. The summed E-state index contributed by atoms with van der Waals surface area (Å²) in [6.45, 7) is 4.03. The van der Waals surface area contributed by atoms with E-state index in [4.69, 9.17) is 4.74 Å². The van der Waals surface area contributed by atoms with Crippen molar-refractivity contribution in [1.82, 2.24) is 0 Å². The summed E-state index contributed by atoms with van der Waals surface area (Å²) >= 11 is 3.32. The van der Waals surface area contributed by atoms with Gasteiger partial charge in [0.25, 0.3) is 0 Å². The lowest BCUT2D eigenvalue weighted by molar-refractivity contribution is 0.146. The minimum absolute atomic E-state index is 0.855. The minimum Gasteiger partial charge on any atom is -0.381 e. The van der Waals surface area contributed by atoms with Gasteiger partial charge in [-0.3, -0.25) is 0 Å². The smallest absolute Gasteiger partial charge is 0.0563 e. The molecule has 0 saturated heterocycles. The number of ether oxygens (including phenoxy) is 1. The van der Waals surface area contributed by atoms with Gasteiger partial charge in [-0.25, -0.2) is 0 Å². The molecular formula is C9H19BrO. The monoisotopic (exact) mass is 222 g/mol. The fourth-order valence-corrected chi connectivity index (χ4v) is 1.19. The second-order valence-corrected chi connectivity index (χ2v) is 3.51. The van der Waals surface area contributed by atoms with Gasteiger partial charge >= 0.3 is 0 Å². The largest absolute Gasteiger partial charge is 0.381 e. The van der Waals surface area contributed by atoms with E-state index >= 15 is 0 Å². The Balaban J connectivity index is 2.69. The molecule has 0 bridgehead atoms. The van der Waals surface area contributed by atoms with Gasteiger partial charge in [0.2, 0.25) is 0 Å². The van der Waals surface area contributed by atoms with Crippen molar-refractivity contribution in [2.75, 3.05) is 18.5 Å². The van der Waals surface area contributed by atoms with E-state index in [0.29, 0.717) is 0 Å². The van der Waals surface area contributed by atoms with Gasteiger partial charge in [0.05, 0.1) is 6.61 Å². The zero-order valence-electron chi connectivity index (χ0n) is 7.44. The van der Waals surface area contributed by atoms with Gasteiger partial charge < -0.3 is 4.74 Å². The summed E-state index contributed by atoms with van der Waals surface area (Å²) in [6, 6.07) is 0. The predicted octanol–water partition coefficient (Wildman–Crippen LogP) is 3.37. The van der Waals surface area contributed by atoms with Crippen LogP contribution in [0.2, 0.25) is 0 Å². The highest BCUT2D eigenvalue weighted by Crippen LogP contribution is 2.02. The molecule has 0 amide bonds. The summed E-state index contributed by atoms with van der Waals surface area (Å²) in [4.78, 5) is 0. The summed E-state index contributed by atoms with van der Waals surface area (Å²) in [5.74, 6) is 0. The van der Waals surface area contributed by atoms with E-state index in [0.717, 1.165) is 18.5 Å². The third-order valence-corrected chi connectivity index (χ3v) is 1.94. The normalized spacial score (nSPS) is 10.4. The molecule has 0 N–H and O–H groups in total. The summed E-state index contributed by atoms with van der Waals surface area (Å²) in [5, 5.41) is 0.960. The van der Waals surface area contributed by atoms with E-state index in [1.54, 1.807) is 0 Å². The summed E-state index contributed by atoms with van der Waals surface area (Å²) in [5.41, 5.74) is 0. The van der Waals surface area contributed by atoms with Crippen LogP contribution in [0.5, 0.6) is 0 Å². The first-order valence-electron chi connectivity index (χ1n) is 4.55. The van der Waals surface area contributed by atoms with Crippen molar-refractivity contribution in [3.05, 3.63) is 0 Å². The van der Waals surface area contributed by atoms with Gasteiger partial charge in [0.1, 0.15) is 0 Å².